The molecule has 166 valence electrons. The third-order valence-corrected chi connectivity index (χ3v) is 5.58. The monoisotopic (exact) mass is 443 g/mol. The Hall–Kier alpha value is -4.33. The summed E-state index contributed by atoms with van der Waals surface area (Å²) < 4.78 is 0. The second-order valence-electron chi connectivity index (χ2n) is 7.66. The van der Waals surface area contributed by atoms with Gasteiger partial charge in [-0.3, -0.25) is 24.5 Å². The van der Waals surface area contributed by atoms with Gasteiger partial charge in [0.1, 0.15) is 6.04 Å². The molecule has 1 atom stereocenters. The summed E-state index contributed by atoms with van der Waals surface area (Å²) in [6.07, 6.45) is 0.365. The first-order chi connectivity index (χ1) is 16.0. The van der Waals surface area contributed by atoms with Crippen LogP contribution in [0.25, 0.3) is 0 Å². The number of carbonyl (C=O) groups excluding carboxylic acids is 3. The summed E-state index contributed by atoms with van der Waals surface area (Å²) in [5.41, 5.74) is 1.52. The average molecular weight is 443 g/mol. The van der Waals surface area contributed by atoms with Crippen molar-refractivity contribution in [1.82, 2.24) is 4.90 Å². The fourth-order valence-corrected chi connectivity index (χ4v) is 3.89. The number of nitro benzene ring substituents is 1. The predicted octanol–water partition coefficient (Wildman–Crippen LogP) is 3.61. The lowest BCUT2D eigenvalue weighted by Crippen LogP contribution is -2.46. The number of benzene rings is 3. The average Bonchev–Trinajstić information content (AvgIpc) is 3.13. The Bertz CT molecular complexity index is 1180. The van der Waals surface area contributed by atoms with E-state index in [-0.39, 0.29) is 30.1 Å². The zero-order valence-corrected chi connectivity index (χ0v) is 17.7. The third kappa shape index (κ3) is 4.64. The Morgan fingerprint density at radius 1 is 0.939 bits per heavy atom. The smallest absolute Gasteiger partial charge is 0.269 e. The van der Waals surface area contributed by atoms with Crippen molar-refractivity contribution in [2.24, 2.45) is 0 Å². The minimum absolute atomic E-state index is 0.124. The van der Waals surface area contributed by atoms with Crippen molar-refractivity contribution in [2.45, 2.75) is 18.9 Å². The van der Waals surface area contributed by atoms with Gasteiger partial charge in [0.2, 0.25) is 5.91 Å². The summed E-state index contributed by atoms with van der Waals surface area (Å²) in [5.74, 6) is -1.30. The molecule has 1 fully saturated rings. The zero-order valence-electron chi connectivity index (χ0n) is 17.7. The topological polar surface area (TPSA) is 101 Å². The lowest BCUT2D eigenvalue weighted by molar-refractivity contribution is -0.384. The van der Waals surface area contributed by atoms with Crippen LogP contribution in [0.1, 0.15) is 22.3 Å². The highest BCUT2D eigenvalue weighted by Gasteiger charge is 2.44. The number of non-ortho nitro benzene ring substituents is 1. The van der Waals surface area contributed by atoms with E-state index in [1.807, 2.05) is 30.3 Å². The van der Waals surface area contributed by atoms with Crippen LogP contribution in [-0.4, -0.2) is 40.1 Å². The standard InChI is InChI=1S/C25H21N3O5/c29-23-17-22(25(31)27(23)20-9-5-2-6-10-20)26(16-15-18-7-3-1-4-8-18)24(30)19-11-13-21(14-12-19)28(32)33/h1-14,22H,15-17H2. The molecule has 1 aliphatic rings. The van der Waals surface area contributed by atoms with Crippen molar-refractivity contribution in [2.75, 3.05) is 11.4 Å². The molecule has 0 bridgehead atoms. The number of rotatable bonds is 7. The summed E-state index contributed by atoms with van der Waals surface area (Å²) >= 11 is 0. The molecule has 33 heavy (non-hydrogen) atoms. The summed E-state index contributed by atoms with van der Waals surface area (Å²) in [4.78, 5) is 52.3. The van der Waals surface area contributed by atoms with Crippen molar-refractivity contribution < 1.29 is 19.3 Å². The van der Waals surface area contributed by atoms with E-state index >= 15 is 0 Å². The van der Waals surface area contributed by atoms with E-state index in [1.54, 1.807) is 30.3 Å². The highest BCUT2D eigenvalue weighted by Crippen LogP contribution is 2.27. The fraction of sp³-hybridized carbons (Fsp3) is 0.160. The molecule has 0 aromatic heterocycles. The largest absolute Gasteiger partial charge is 0.326 e. The van der Waals surface area contributed by atoms with Crippen molar-refractivity contribution >= 4 is 29.1 Å². The van der Waals surface area contributed by atoms with Crippen LogP contribution in [0, 0.1) is 10.1 Å². The third-order valence-electron chi connectivity index (χ3n) is 5.58. The first kappa shape index (κ1) is 21.9. The molecule has 3 amide bonds. The molecule has 0 radical (unpaired) electrons. The number of hydrogen-bond acceptors (Lipinski definition) is 5. The highest BCUT2D eigenvalue weighted by molar-refractivity contribution is 6.23. The molecule has 1 unspecified atom stereocenters. The lowest BCUT2D eigenvalue weighted by atomic mass is 10.1. The van der Waals surface area contributed by atoms with Gasteiger partial charge in [-0.1, -0.05) is 48.5 Å². The molecular formula is C25H21N3O5. The van der Waals surface area contributed by atoms with Gasteiger partial charge in [0.15, 0.2) is 0 Å². The van der Waals surface area contributed by atoms with Crippen LogP contribution in [0.3, 0.4) is 0 Å². The molecule has 3 aromatic rings. The molecule has 8 heteroatoms. The molecule has 0 N–H and O–H groups in total. The van der Waals surface area contributed by atoms with Crippen molar-refractivity contribution in [1.29, 1.82) is 0 Å². The Morgan fingerprint density at radius 2 is 1.55 bits per heavy atom. The minimum atomic E-state index is -0.955. The molecule has 4 rings (SSSR count). The van der Waals surface area contributed by atoms with Gasteiger partial charge in [0, 0.05) is 24.2 Å². The zero-order chi connectivity index (χ0) is 23.4. The number of carbonyl (C=O) groups is 3. The Morgan fingerprint density at radius 3 is 2.15 bits per heavy atom. The van der Waals surface area contributed by atoms with Gasteiger partial charge < -0.3 is 4.90 Å². The van der Waals surface area contributed by atoms with Crippen LogP contribution >= 0.6 is 0 Å². The van der Waals surface area contributed by atoms with Crippen molar-refractivity contribution in [3.8, 4) is 0 Å². The molecule has 8 nitrogen and oxygen atoms in total. The van der Waals surface area contributed by atoms with Gasteiger partial charge >= 0.3 is 0 Å². The minimum Gasteiger partial charge on any atom is -0.326 e. The predicted molar refractivity (Wildman–Crippen MR) is 122 cm³/mol. The molecule has 1 saturated heterocycles. The summed E-state index contributed by atoms with van der Waals surface area (Å²) in [5, 5.41) is 11.0. The van der Waals surface area contributed by atoms with E-state index in [9.17, 15) is 24.5 Å². The lowest BCUT2D eigenvalue weighted by Gasteiger charge is -2.28. The molecule has 3 aromatic carbocycles. The van der Waals surface area contributed by atoms with Gasteiger partial charge in [0.05, 0.1) is 17.0 Å². The number of anilines is 1. The van der Waals surface area contributed by atoms with Gasteiger partial charge in [-0.25, -0.2) is 4.90 Å². The SMILES string of the molecule is O=C1CC(N(CCc2ccccc2)C(=O)c2ccc([N+](=O)[O-])cc2)C(=O)N1c1ccccc1. The second-order valence-corrected chi connectivity index (χ2v) is 7.66. The first-order valence-electron chi connectivity index (χ1n) is 10.5. The fourth-order valence-electron chi connectivity index (χ4n) is 3.89. The summed E-state index contributed by atoms with van der Waals surface area (Å²) in [6, 6.07) is 22.4. The van der Waals surface area contributed by atoms with Crippen LogP contribution in [0.4, 0.5) is 11.4 Å². The summed E-state index contributed by atoms with van der Waals surface area (Å²) in [6.45, 7) is 0.214. The molecular weight excluding hydrogens is 422 g/mol. The van der Waals surface area contributed by atoms with E-state index in [2.05, 4.69) is 0 Å². The van der Waals surface area contributed by atoms with E-state index in [4.69, 9.17) is 0 Å². The van der Waals surface area contributed by atoms with E-state index < -0.39 is 22.8 Å². The van der Waals surface area contributed by atoms with Gasteiger partial charge in [-0.2, -0.15) is 0 Å². The van der Waals surface area contributed by atoms with Crippen molar-refractivity contribution in [3.05, 3.63) is 106 Å². The quantitative estimate of drug-likeness (QED) is 0.315. The number of amides is 3. The Balaban J connectivity index is 1.63. The van der Waals surface area contributed by atoms with Gasteiger partial charge in [-0.05, 0) is 36.2 Å². The van der Waals surface area contributed by atoms with Crippen LogP contribution < -0.4 is 4.90 Å². The highest BCUT2D eigenvalue weighted by atomic mass is 16.6. The Kier molecular flexibility index (Phi) is 6.26. The molecule has 0 aliphatic carbocycles. The maximum absolute atomic E-state index is 13.4. The van der Waals surface area contributed by atoms with Gasteiger partial charge in [-0.15, -0.1) is 0 Å². The van der Waals surface area contributed by atoms with E-state index in [1.165, 1.54) is 29.2 Å². The first-order valence-corrected chi connectivity index (χ1v) is 10.5. The maximum Gasteiger partial charge on any atom is 0.269 e. The van der Waals surface area contributed by atoms with E-state index in [0.717, 1.165) is 10.5 Å². The van der Waals surface area contributed by atoms with Crippen LogP contribution in [0.5, 0.6) is 0 Å². The van der Waals surface area contributed by atoms with Crippen molar-refractivity contribution in [3.63, 3.8) is 0 Å². The number of imide groups is 1. The molecule has 1 heterocycles. The van der Waals surface area contributed by atoms with E-state index in [0.29, 0.717) is 12.1 Å². The number of nitrogens with zero attached hydrogens (tertiary/aromatic N) is 3. The van der Waals surface area contributed by atoms with Gasteiger partial charge in [0.25, 0.3) is 17.5 Å². The second kappa shape index (κ2) is 9.44. The number of para-hydroxylation sites is 1. The maximum atomic E-state index is 13.4. The molecule has 0 saturated carbocycles. The molecule has 1 aliphatic heterocycles. The molecule has 0 spiro atoms. The number of hydrogen-bond donors (Lipinski definition) is 0. The summed E-state index contributed by atoms with van der Waals surface area (Å²) in [7, 11) is 0. The van der Waals surface area contributed by atoms with Crippen LogP contribution in [0.2, 0.25) is 0 Å². The normalized spacial score (nSPS) is 15.5. The Labute approximate surface area is 190 Å². The van der Waals surface area contributed by atoms with Crippen LogP contribution in [0.15, 0.2) is 84.9 Å². The van der Waals surface area contributed by atoms with Crippen LogP contribution in [-0.2, 0) is 16.0 Å². The number of nitro groups is 1.